The first-order valence-electron chi connectivity index (χ1n) is 10.2. The van der Waals surface area contributed by atoms with Crippen molar-refractivity contribution in [2.24, 2.45) is 5.92 Å². The number of carbonyl (C=O) groups excluding carboxylic acids is 1. The summed E-state index contributed by atoms with van der Waals surface area (Å²) in [4.78, 5) is 11.0. The summed E-state index contributed by atoms with van der Waals surface area (Å²) in [5, 5.41) is 0. The van der Waals surface area contributed by atoms with E-state index in [9.17, 15) is 4.79 Å². The Labute approximate surface area is 140 Å². The lowest BCUT2D eigenvalue weighted by Gasteiger charge is -2.09. The van der Waals surface area contributed by atoms with Crippen LogP contribution in [-0.2, 0) is 4.79 Å². The normalized spacial score (nSPS) is 12.5. The monoisotopic (exact) mass is 309 g/mol. The minimum atomic E-state index is 0.218. The smallest absolute Gasteiger partial charge is 0.201 e. The van der Waals surface area contributed by atoms with Gasteiger partial charge in [-0.1, -0.05) is 110 Å². The van der Waals surface area contributed by atoms with Crippen molar-refractivity contribution < 1.29 is 4.79 Å². The van der Waals surface area contributed by atoms with E-state index in [2.05, 4.69) is 20.1 Å². The Morgan fingerprint density at radius 2 is 0.864 bits per heavy atom. The van der Waals surface area contributed by atoms with Gasteiger partial charge in [-0.15, -0.1) is 0 Å². The maximum Gasteiger partial charge on any atom is 0.201 e. The van der Waals surface area contributed by atoms with Crippen molar-refractivity contribution in [2.75, 3.05) is 0 Å². The molecule has 0 heterocycles. The molecular weight excluding hydrogens is 268 g/mol. The summed E-state index contributed by atoms with van der Waals surface area (Å²) in [5.74, 6) is 0.218. The number of rotatable bonds is 18. The molecule has 1 nitrogen and oxygen atoms in total. The molecule has 0 aliphatic rings. The van der Waals surface area contributed by atoms with Gasteiger partial charge in [0, 0.05) is 5.92 Å². The predicted octanol–water partition coefficient (Wildman–Crippen LogP) is 7.38. The molecule has 0 aliphatic carbocycles. The van der Waals surface area contributed by atoms with Gasteiger partial charge in [-0.3, -0.25) is 4.79 Å². The van der Waals surface area contributed by atoms with Crippen LogP contribution >= 0.6 is 0 Å². The van der Waals surface area contributed by atoms with Crippen LogP contribution in [0.25, 0.3) is 0 Å². The third-order valence-corrected chi connectivity index (χ3v) is 4.73. The molecule has 0 N–H and O–H groups in total. The van der Waals surface area contributed by atoms with Crippen molar-refractivity contribution in [3.8, 4) is 0 Å². The minimum Gasteiger partial charge on any atom is -0.291 e. The van der Waals surface area contributed by atoms with Gasteiger partial charge in [0.15, 0.2) is 0 Å². The molecule has 0 bridgehead atoms. The first-order chi connectivity index (χ1) is 10.8. The summed E-state index contributed by atoms with van der Waals surface area (Å²) in [7, 11) is 0. The van der Waals surface area contributed by atoms with E-state index >= 15 is 0 Å². The van der Waals surface area contributed by atoms with Crippen LogP contribution in [0.2, 0.25) is 0 Å². The van der Waals surface area contributed by atoms with Gasteiger partial charge in [-0.2, -0.15) is 0 Å². The fourth-order valence-corrected chi connectivity index (χ4v) is 3.13. The van der Waals surface area contributed by atoms with Crippen LogP contribution in [-0.4, -0.2) is 6.29 Å². The molecule has 0 spiro atoms. The Morgan fingerprint density at radius 1 is 0.545 bits per heavy atom. The Kier molecular flexibility index (Phi) is 18.4. The zero-order chi connectivity index (χ0) is 16.3. The predicted molar refractivity (Wildman–Crippen MR) is 99.0 cm³/mol. The molecule has 131 valence electrons. The Bertz CT molecular complexity index is 212. The van der Waals surface area contributed by atoms with Crippen molar-refractivity contribution in [1.82, 2.24) is 0 Å². The molecule has 0 aromatic heterocycles. The van der Waals surface area contributed by atoms with E-state index in [1.165, 1.54) is 96.3 Å². The minimum absolute atomic E-state index is 0.218. The summed E-state index contributed by atoms with van der Waals surface area (Å²) >= 11 is 0. The molecule has 0 rings (SSSR count). The van der Waals surface area contributed by atoms with Crippen LogP contribution in [0, 0.1) is 5.92 Å². The number of hydrogen-bond donors (Lipinski definition) is 0. The summed E-state index contributed by atoms with van der Waals surface area (Å²) in [6.45, 7) is 4.52. The average Bonchev–Trinajstić information content (AvgIpc) is 2.54. The molecule has 1 heteroatoms. The summed E-state index contributed by atoms with van der Waals surface area (Å²) in [6.07, 6.45) is 24.6. The lowest BCUT2D eigenvalue weighted by atomic mass is 9.95. The van der Waals surface area contributed by atoms with Crippen LogP contribution in [0.5, 0.6) is 0 Å². The van der Waals surface area contributed by atoms with Gasteiger partial charge in [-0.25, -0.2) is 0 Å². The Hall–Kier alpha value is -0.330. The zero-order valence-electron chi connectivity index (χ0n) is 15.5. The number of hydrogen-bond acceptors (Lipinski definition) is 1. The Balaban J connectivity index is 3.31. The molecule has 1 radical (unpaired) electrons. The van der Waals surface area contributed by atoms with Crippen molar-refractivity contribution in [1.29, 1.82) is 0 Å². The van der Waals surface area contributed by atoms with Crippen molar-refractivity contribution in [2.45, 2.75) is 123 Å². The number of unbranched alkanes of at least 4 members (excludes halogenated alkanes) is 13. The van der Waals surface area contributed by atoms with E-state index in [4.69, 9.17) is 0 Å². The molecular formula is C21H41O. The maximum absolute atomic E-state index is 11.0. The van der Waals surface area contributed by atoms with E-state index in [0.717, 1.165) is 12.8 Å². The van der Waals surface area contributed by atoms with Crippen LogP contribution in [0.1, 0.15) is 123 Å². The lowest BCUT2D eigenvalue weighted by molar-refractivity contribution is 0.449. The molecule has 0 amide bonds. The molecule has 22 heavy (non-hydrogen) atoms. The van der Waals surface area contributed by atoms with Crippen molar-refractivity contribution in [3.05, 3.63) is 0 Å². The second-order valence-corrected chi connectivity index (χ2v) is 6.99. The lowest BCUT2D eigenvalue weighted by Crippen LogP contribution is -2.02. The fourth-order valence-electron chi connectivity index (χ4n) is 3.13. The molecule has 0 aromatic carbocycles. The van der Waals surface area contributed by atoms with Gasteiger partial charge in [0.2, 0.25) is 6.29 Å². The second kappa shape index (κ2) is 18.7. The Morgan fingerprint density at radius 3 is 1.18 bits per heavy atom. The summed E-state index contributed by atoms with van der Waals surface area (Å²) in [6, 6.07) is 0. The standard InChI is InChI=1S/C21H41O/c1-3-5-7-9-11-13-15-17-19-21(20-22)18-16-14-12-10-8-6-4-2/h21H,3-19H2,1-2H3. The van der Waals surface area contributed by atoms with Crippen molar-refractivity contribution in [3.63, 3.8) is 0 Å². The van der Waals surface area contributed by atoms with Crippen LogP contribution in [0.4, 0.5) is 0 Å². The van der Waals surface area contributed by atoms with Gasteiger partial charge in [-0.05, 0) is 12.8 Å². The van der Waals surface area contributed by atoms with Crippen molar-refractivity contribution >= 4 is 6.29 Å². The van der Waals surface area contributed by atoms with E-state index in [1.807, 2.05) is 0 Å². The van der Waals surface area contributed by atoms with E-state index < -0.39 is 0 Å². The first kappa shape index (κ1) is 21.7. The van der Waals surface area contributed by atoms with E-state index in [-0.39, 0.29) is 5.92 Å². The molecule has 1 atom stereocenters. The third-order valence-electron chi connectivity index (χ3n) is 4.73. The van der Waals surface area contributed by atoms with Gasteiger partial charge >= 0.3 is 0 Å². The van der Waals surface area contributed by atoms with E-state index in [0.29, 0.717) is 0 Å². The van der Waals surface area contributed by atoms with Gasteiger partial charge in [0.05, 0.1) is 0 Å². The molecule has 1 unspecified atom stereocenters. The summed E-state index contributed by atoms with van der Waals surface area (Å²) in [5.41, 5.74) is 0. The van der Waals surface area contributed by atoms with Crippen LogP contribution in [0.15, 0.2) is 0 Å². The highest BCUT2D eigenvalue weighted by Gasteiger charge is 2.07. The topological polar surface area (TPSA) is 17.1 Å². The van der Waals surface area contributed by atoms with Crippen LogP contribution < -0.4 is 0 Å². The first-order valence-corrected chi connectivity index (χ1v) is 10.2. The molecule has 0 fully saturated rings. The highest BCUT2D eigenvalue weighted by Crippen LogP contribution is 2.18. The quantitative estimate of drug-likeness (QED) is 0.241. The summed E-state index contributed by atoms with van der Waals surface area (Å²) < 4.78 is 0. The zero-order valence-corrected chi connectivity index (χ0v) is 15.5. The SMILES string of the molecule is CCCCCCCCCCC([C]=O)CCCCCCCCC. The van der Waals surface area contributed by atoms with Gasteiger partial charge in [0.1, 0.15) is 0 Å². The third kappa shape index (κ3) is 16.0. The molecule has 0 saturated heterocycles. The van der Waals surface area contributed by atoms with E-state index in [1.54, 1.807) is 0 Å². The highest BCUT2D eigenvalue weighted by atomic mass is 16.1. The molecule has 0 aliphatic heterocycles. The second-order valence-electron chi connectivity index (χ2n) is 6.99. The van der Waals surface area contributed by atoms with Gasteiger partial charge in [0.25, 0.3) is 0 Å². The highest BCUT2D eigenvalue weighted by molar-refractivity contribution is 5.54. The average molecular weight is 310 g/mol. The molecule has 0 aromatic rings. The molecule has 0 saturated carbocycles. The van der Waals surface area contributed by atoms with Gasteiger partial charge < -0.3 is 0 Å². The largest absolute Gasteiger partial charge is 0.291 e. The maximum atomic E-state index is 11.0. The fraction of sp³-hybridized carbons (Fsp3) is 0.952. The van der Waals surface area contributed by atoms with Crippen LogP contribution in [0.3, 0.4) is 0 Å².